The summed E-state index contributed by atoms with van der Waals surface area (Å²) >= 11 is 0. The first-order valence-corrected chi connectivity index (χ1v) is 12.9. The quantitative estimate of drug-likeness (QED) is 0.684. The van der Waals surface area contributed by atoms with Gasteiger partial charge in [-0.25, -0.2) is 8.42 Å². The summed E-state index contributed by atoms with van der Waals surface area (Å²) in [4.78, 5) is 27.2. The fourth-order valence-electron chi connectivity index (χ4n) is 4.41. The third-order valence-corrected chi connectivity index (χ3v) is 8.11. The van der Waals surface area contributed by atoms with Gasteiger partial charge < -0.3 is 10.2 Å². The minimum Gasteiger partial charge on any atom is -0.326 e. The first-order valence-electron chi connectivity index (χ1n) is 11.3. The molecule has 2 aromatic rings. The number of fused-ring (bicyclic) bond motifs is 1. The molecule has 1 aliphatic heterocycles. The van der Waals surface area contributed by atoms with E-state index in [2.05, 4.69) is 5.32 Å². The molecule has 2 aromatic carbocycles. The molecule has 0 aromatic heterocycles. The molecule has 1 fully saturated rings. The molecule has 170 valence electrons. The predicted octanol–water partition coefficient (Wildman–Crippen LogP) is 4.05. The molecular weight excluding hydrogens is 424 g/mol. The normalized spacial score (nSPS) is 17.8. The van der Waals surface area contributed by atoms with E-state index in [1.807, 2.05) is 43.9 Å². The van der Waals surface area contributed by atoms with Gasteiger partial charge in [-0.3, -0.25) is 9.59 Å². The molecule has 0 radical (unpaired) electrons. The molecule has 1 aliphatic carbocycles. The fourth-order valence-corrected chi connectivity index (χ4v) is 5.70. The number of hydrogen-bond donors (Lipinski definition) is 1. The molecule has 1 N–H and O–H groups in total. The van der Waals surface area contributed by atoms with Crippen LogP contribution in [0.3, 0.4) is 0 Å². The second-order valence-electron chi connectivity index (χ2n) is 8.91. The summed E-state index contributed by atoms with van der Waals surface area (Å²) in [7, 11) is -3.62. The van der Waals surface area contributed by atoms with Crippen molar-refractivity contribution in [3.05, 3.63) is 53.1 Å². The molecule has 1 atom stereocenters. The van der Waals surface area contributed by atoms with Gasteiger partial charge in [-0.15, -0.1) is 0 Å². The number of carbonyl (C=O) groups excluding carboxylic acids is 2. The number of rotatable bonds is 7. The molecule has 1 unspecified atom stereocenters. The SMILES string of the molecule is CCc1cccc(C)c1NC(=O)CCS(=O)(=O)c1ccc2c(c1)CC(C)N2C(=O)C1CC1. The van der Waals surface area contributed by atoms with Gasteiger partial charge in [0.25, 0.3) is 0 Å². The smallest absolute Gasteiger partial charge is 0.230 e. The van der Waals surface area contributed by atoms with E-state index in [9.17, 15) is 18.0 Å². The van der Waals surface area contributed by atoms with Crippen LogP contribution in [-0.4, -0.2) is 32.0 Å². The lowest BCUT2D eigenvalue weighted by molar-refractivity contribution is -0.120. The summed E-state index contributed by atoms with van der Waals surface area (Å²) in [5.41, 5.74) is 4.45. The van der Waals surface area contributed by atoms with E-state index in [-0.39, 0.29) is 40.8 Å². The number of para-hydroxylation sites is 1. The minimum atomic E-state index is -3.62. The van der Waals surface area contributed by atoms with E-state index in [1.165, 1.54) is 0 Å². The van der Waals surface area contributed by atoms with E-state index in [1.54, 1.807) is 18.2 Å². The lowest BCUT2D eigenvalue weighted by Gasteiger charge is -2.22. The molecule has 4 rings (SSSR count). The maximum atomic E-state index is 12.9. The molecule has 2 amide bonds. The highest BCUT2D eigenvalue weighted by Gasteiger charge is 2.39. The van der Waals surface area contributed by atoms with Gasteiger partial charge in [-0.1, -0.05) is 25.1 Å². The van der Waals surface area contributed by atoms with Crippen LogP contribution in [0.15, 0.2) is 41.3 Å². The summed E-state index contributed by atoms with van der Waals surface area (Å²) in [6.07, 6.45) is 3.19. The fraction of sp³-hybridized carbons (Fsp3) is 0.440. The molecule has 7 heteroatoms. The van der Waals surface area contributed by atoms with Gasteiger partial charge in [0.05, 0.1) is 10.6 Å². The van der Waals surface area contributed by atoms with Gasteiger partial charge in [-0.2, -0.15) is 0 Å². The van der Waals surface area contributed by atoms with Crippen LogP contribution >= 0.6 is 0 Å². The van der Waals surface area contributed by atoms with Gasteiger partial charge in [-0.05, 0) is 74.4 Å². The highest BCUT2D eigenvalue weighted by atomic mass is 32.2. The Morgan fingerprint density at radius 3 is 2.59 bits per heavy atom. The highest BCUT2D eigenvalue weighted by molar-refractivity contribution is 7.91. The topological polar surface area (TPSA) is 83.6 Å². The van der Waals surface area contributed by atoms with Crippen LogP contribution in [0.25, 0.3) is 0 Å². The van der Waals surface area contributed by atoms with Gasteiger partial charge >= 0.3 is 0 Å². The van der Waals surface area contributed by atoms with Gasteiger partial charge in [0, 0.05) is 29.8 Å². The number of nitrogens with zero attached hydrogens (tertiary/aromatic N) is 1. The van der Waals surface area contributed by atoms with Crippen molar-refractivity contribution in [2.45, 2.75) is 63.8 Å². The molecule has 6 nitrogen and oxygen atoms in total. The van der Waals surface area contributed by atoms with Crippen LogP contribution < -0.4 is 10.2 Å². The standard InChI is InChI=1S/C25H30N2O4S/c1-4-18-7-5-6-16(2)24(18)26-23(28)12-13-32(30,31)21-10-11-22-20(15-21)14-17(3)27(22)25(29)19-8-9-19/h5-7,10-11,15,17,19H,4,8-9,12-14H2,1-3H3,(H,26,28). The monoisotopic (exact) mass is 454 g/mol. The average molecular weight is 455 g/mol. The van der Waals surface area contributed by atoms with Gasteiger partial charge in [0.1, 0.15) is 0 Å². The Bertz CT molecular complexity index is 1170. The Hall–Kier alpha value is -2.67. The third-order valence-electron chi connectivity index (χ3n) is 6.39. The van der Waals surface area contributed by atoms with Crippen molar-refractivity contribution in [1.82, 2.24) is 0 Å². The lowest BCUT2D eigenvalue weighted by atomic mass is 10.1. The number of nitrogens with one attached hydrogen (secondary N) is 1. The number of anilines is 2. The van der Waals surface area contributed by atoms with E-state index >= 15 is 0 Å². The summed E-state index contributed by atoms with van der Waals surface area (Å²) in [5.74, 6) is -0.308. The van der Waals surface area contributed by atoms with Crippen molar-refractivity contribution in [3.8, 4) is 0 Å². The first-order chi connectivity index (χ1) is 15.2. The number of sulfone groups is 1. The Kier molecular flexibility index (Phi) is 6.12. The number of carbonyl (C=O) groups is 2. The van der Waals surface area contributed by atoms with Crippen molar-refractivity contribution in [2.24, 2.45) is 5.92 Å². The summed E-state index contributed by atoms with van der Waals surface area (Å²) in [6.45, 7) is 5.94. The zero-order valence-electron chi connectivity index (χ0n) is 18.8. The second-order valence-corrected chi connectivity index (χ2v) is 11.0. The van der Waals surface area contributed by atoms with Crippen molar-refractivity contribution in [3.63, 3.8) is 0 Å². The maximum Gasteiger partial charge on any atom is 0.230 e. The van der Waals surface area contributed by atoms with Crippen LogP contribution in [0.5, 0.6) is 0 Å². The number of aryl methyl sites for hydroxylation is 2. The molecule has 0 bridgehead atoms. The summed E-state index contributed by atoms with van der Waals surface area (Å²) in [6, 6.07) is 10.8. The Labute approximate surface area is 189 Å². The van der Waals surface area contributed by atoms with Gasteiger partial charge in [0.2, 0.25) is 11.8 Å². The Morgan fingerprint density at radius 2 is 1.91 bits per heavy atom. The number of hydrogen-bond acceptors (Lipinski definition) is 4. The molecule has 32 heavy (non-hydrogen) atoms. The van der Waals surface area contributed by atoms with Crippen molar-refractivity contribution < 1.29 is 18.0 Å². The molecule has 1 saturated carbocycles. The lowest BCUT2D eigenvalue weighted by Crippen LogP contribution is -2.36. The van der Waals surface area contributed by atoms with E-state index in [4.69, 9.17) is 0 Å². The summed E-state index contributed by atoms with van der Waals surface area (Å²) < 4.78 is 25.9. The summed E-state index contributed by atoms with van der Waals surface area (Å²) in [5, 5.41) is 2.89. The second kappa shape index (κ2) is 8.70. The predicted molar refractivity (Wildman–Crippen MR) is 126 cm³/mol. The van der Waals surface area contributed by atoms with Crippen molar-refractivity contribution in [1.29, 1.82) is 0 Å². The third kappa shape index (κ3) is 4.44. The van der Waals surface area contributed by atoms with Crippen LogP contribution in [0, 0.1) is 12.8 Å². The van der Waals surface area contributed by atoms with Crippen molar-refractivity contribution in [2.75, 3.05) is 16.0 Å². The zero-order valence-corrected chi connectivity index (χ0v) is 19.7. The molecule has 0 saturated heterocycles. The van der Waals surface area contributed by atoms with E-state index in [0.29, 0.717) is 6.42 Å². The molecule has 0 spiro atoms. The average Bonchev–Trinajstić information content (AvgIpc) is 3.55. The van der Waals surface area contributed by atoms with Crippen LogP contribution in [-0.2, 0) is 32.3 Å². The molecule has 1 heterocycles. The highest BCUT2D eigenvalue weighted by Crippen LogP contribution is 2.39. The maximum absolute atomic E-state index is 12.9. The first kappa shape index (κ1) is 22.5. The molecule has 2 aliphatic rings. The minimum absolute atomic E-state index is 0.0312. The largest absolute Gasteiger partial charge is 0.326 e. The van der Waals surface area contributed by atoms with E-state index in [0.717, 1.165) is 47.3 Å². The Balaban J connectivity index is 1.45. The molecular formula is C25H30N2O4S. The van der Waals surface area contributed by atoms with Crippen molar-refractivity contribution >= 4 is 33.0 Å². The van der Waals surface area contributed by atoms with Gasteiger partial charge in [0.15, 0.2) is 9.84 Å². The van der Waals surface area contributed by atoms with Crippen LogP contribution in [0.1, 0.15) is 49.8 Å². The van der Waals surface area contributed by atoms with Crippen LogP contribution in [0.4, 0.5) is 11.4 Å². The van der Waals surface area contributed by atoms with Crippen LogP contribution in [0.2, 0.25) is 0 Å². The van der Waals surface area contributed by atoms with E-state index < -0.39 is 9.84 Å². The number of amides is 2. The Morgan fingerprint density at radius 1 is 1.16 bits per heavy atom. The zero-order chi connectivity index (χ0) is 23.0. The number of benzene rings is 2.